The number of nitro groups is 1. The molecule has 1 heterocycles. The highest BCUT2D eigenvalue weighted by Crippen LogP contribution is 2.34. The molecule has 136 valence electrons. The van der Waals surface area contributed by atoms with E-state index in [1.54, 1.807) is 18.2 Å². The first-order chi connectivity index (χ1) is 12.5. The van der Waals surface area contributed by atoms with Gasteiger partial charge < -0.3 is 14.8 Å². The van der Waals surface area contributed by atoms with Crippen LogP contribution < -0.4 is 10.1 Å². The van der Waals surface area contributed by atoms with Gasteiger partial charge in [-0.2, -0.15) is 0 Å². The zero-order valence-electron chi connectivity index (χ0n) is 13.8. The summed E-state index contributed by atoms with van der Waals surface area (Å²) in [4.78, 5) is 22.8. The molecular formula is C18H17ClN2O5. The van der Waals surface area contributed by atoms with Gasteiger partial charge in [0.05, 0.1) is 21.7 Å². The monoisotopic (exact) mass is 376 g/mol. The van der Waals surface area contributed by atoms with Crippen molar-refractivity contribution >= 4 is 28.9 Å². The van der Waals surface area contributed by atoms with Crippen LogP contribution in [0.3, 0.4) is 0 Å². The third kappa shape index (κ3) is 4.30. The van der Waals surface area contributed by atoms with E-state index in [4.69, 9.17) is 21.1 Å². The van der Waals surface area contributed by atoms with Crippen molar-refractivity contribution in [2.45, 2.75) is 18.9 Å². The lowest BCUT2D eigenvalue weighted by Crippen LogP contribution is -2.18. The molecule has 0 aromatic heterocycles. The van der Waals surface area contributed by atoms with Crippen LogP contribution in [0.5, 0.6) is 5.75 Å². The summed E-state index contributed by atoms with van der Waals surface area (Å²) in [5.41, 5.74) is 0.412. The summed E-state index contributed by atoms with van der Waals surface area (Å²) in [6.45, 7) is 1.05. The van der Waals surface area contributed by atoms with Crippen LogP contribution in [0.4, 0.5) is 11.4 Å². The van der Waals surface area contributed by atoms with Crippen molar-refractivity contribution in [1.82, 2.24) is 0 Å². The number of rotatable bonds is 6. The Morgan fingerprint density at radius 1 is 1.35 bits per heavy atom. The molecule has 1 N–H and O–H groups in total. The number of nitrogens with one attached hydrogen (secondary N) is 1. The minimum atomic E-state index is -0.549. The molecule has 0 bridgehead atoms. The first kappa shape index (κ1) is 18.2. The minimum Gasteiger partial charge on any atom is -0.487 e. The van der Waals surface area contributed by atoms with Gasteiger partial charge in [0.1, 0.15) is 6.61 Å². The van der Waals surface area contributed by atoms with E-state index in [1.807, 2.05) is 0 Å². The molecule has 1 saturated heterocycles. The Kier molecular flexibility index (Phi) is 5.70. The van der Waals surface area contributed by atoms with Gasteiger partial charge >= 0.3 is 0 Å². The summed E-state index contributed by atoms with van der Waals surface area (Å²) in [6, 6.07) is 10.5. The summed E-state index contributed by atoms with van der Waals surface area (Å²) in [7, 11) is 0. The van der Waals surface area contributed by atoms with Gasteiger partial charge in [0.25, 0.3) is 11.6 Å². The average Bonchev–Trinajstić information content (AvgIpc) is 3.15. The first-order valence-electron chi connectivity index (χ1n) is 8.13. The van der Waals surface area contributed by atoms with Crippen molar-refractivity contribution in [2.75, 3.05) is 18.5 Å². The Hall–Kier alpha value is -2.64. The summed E-state index contributed by atoms with van der Waals surface area (Å²) in [5.74, 6) is -0.138. The van der Waals surface area contributed by atoms with Crippen LogP contribution in [0, 0.1) is 10.1 Å². The Morgan fingerprint density at radius 3 is 2.88 bits per heavy atom. The van der Waals surface area contributed by atoms with E-state index in [-0.39, 0.29) is 17.4 Å². The van der Waals surface area contributed by atoms with E-state index in [0.717, 1.165) is 12.8 Å². The Morgan fingerprint density at radius 2 is 2.15 bits per heavy atom. The van der Waals surface area contributed by atoms with Crippen LogP contribution in [0.2, 0.25) is 5.02 Å². The summed E-state index contributed by atoms with van der Waals surface area (Å²) < 4.78 is 11.3. The van der Waals surface area contributed by atoms with Crippen LogP contribution in [0.1, 0.15) is 23.2 Å². The zero-order chi connectivity index (χ0) is 18.5. The highest BCUT2D eigenvalue weighted by atomic mass is 35.5. The third-order valence-corrected chi connectivity index (χ3v) is 4.27. The van der Waals surface area contributed by atoms with E-state index in [9.17, 15) is 14.9 Å². The van der Waals surface area contributed by atoms with Crippen molar-refractivity contribution in [3.8, 4) is 5.75 Å². The van der Waals surface area contributed by atoms with E-state index < -0.39 is 10.8 Å². The molecule has 1 atom stereocenters. The molecule has 1 fully saturated rings. The van der Waals surface area contributed by atoms with Crippen LogP contribution in [-0.4, -0.2) is 30.1 Å². The highest BCUT2D eigenvalue weighted by molar-refractivity contribution is 6.32. The SMILES string of the molecule is O=C(Nc1cccc(Cl)c1OCC1CCCO1)c1cccc([N+](=O)[O-])c1. The summed E-state index contributed by atoms with van der Waals surface area (Å²) in [6.07, 6.45) is 1.92. The third-order valence-electron chi connectivity index (χ3n) is 3.97. The molecule has 1 unspecified atom stereocenters. The van der Waals surface area contributed by atoms with Gasteiger partial charge in [-0.05, 0) is 31.0 Å². The van der Waals surface area contributed by atoms with Crippen molar-refractivity contribution in [1.29, 1.82) is 0 Å². The quantitative estimate of drug-likeness (QED) is 0.606. The molecule has 7 nitrogen and oxygen atoms in total. The number of para-hydroxylation sites is 1. The van der Waals surface area contributed by atoms with Crippen LogP contribution in [0.25, 0.3) is 0 Å². The number of halogens is 1. The Bertz CT molecular complexity index is 821. The van der Waals surface area contributed by atoms with E-state index >= 15 is 0 Å². The molecule has 1 aliphatic heterocycles. The number of hydrogen-bond acceptors (Lipinski definition) is 5. The standard InChI is InChI=1S/C18H17ClN2O5/c19-15-7-2-8-16(17(15)26-11-14-6-3-9-25-14)20-18(22)12-4-1-5-13(10-12)21(23)24/h1-2,4-5,7-8,10,14H,3,6,9,11H2,(H,20,22). The molecule has 1 amide bonds. The molecule has 3 rings (SSSR count). The van der Waals surface area contributed by atoms with Gasteiger partial charge in [-0.3, -0.25) is 14.9 Å². The molecule has 0 saturated carbocycles. The summed E-state index contributed by atoms with van der Waals surface area (Å²) in [5, 5.41) is 13.9. The van der Waals surface area contributed by atoms with Gasteiger partial charge in [-0.1, -0.05) is 23.7 Å². The molecule has 0 radical (unpaired) electrons. The number of anilines is 1. The zero-order valence-corrected chi connectivity index (χ0v) is 14.6. The number of carbonyl (C=O) groups is 1. The van der Waals surface area contributed by atoms with Gasteiger partial charge in [0, 0.05) is 24.3 Å². The van der Waals surface area contributed by atoms with Crippen molar-refractivity contribution in [3.63, 3.8) is 0 Å². The number of ether oxygens (including phenoxy) is 2. The second-order valence-electron chi connectivity index (χ2n) is 5.82. The van der Waals surface area contributed by atoms with E-state index in [2.05, 4.69) is 5.32 Å². The number of nitro benzene ring substituents is 1. The first-order valence-corrected chi connectivity index (χ1v) is 8.51. The molecule has 26 heavy (non-hydrogen) atoms. The minimum absolute atomic E-state index is 0.00611. The molecule has 0 spiro atoms. The smallest absolute Gasteiger partial charge is 0.270 e. The molecular weight excluding hydrogens is 360 g/mol. The van der Waals surface area contributed by atoms with Gasteiger partial charge in [0.2, 0.25) is 0 Å². The largest absolute Gasteiger partial charge is 0.487 e. The fraction of sp³-hybridized carbons (Fsp3) is 0.278. The highest BCUT2D eigenvalue weighted by Gasteiger charge is 2.19. The number of nitrogens with zero attached hydrogens (tertiary/aromatic N) is 1. The maximum atomic E-state index is 12.5. The van der Waals surface area contributed by atoms with Crippen molar-refractivity contribution < 1.29 is 19.2 Å². The molecule has 2 aromatic rings. The normalized spacial score (nSPS) is 16.3. The lowest BCUT2D eigenvalue weighted by Gasteiger charge is -2.16. The average molecular weight is 377 g/mol. The molecule has 8 heteroatoms. The van der Waals surface area contributed by atoms with Gasteiger partial charge in [0.15, 0.2) is 5.75 Å². The second kappa shape index (κ2) is 8.16. The van der Waals surface area contributed by atoms with E-state index in [1.165, 1.54) is 24.3 Å². The lowest BCUT2D eigenvalue weighted by atomic mass is 10.2. The number of benzene rings is 2. The molecule has 1 aliphatic rings. The number of non-ortho nitro benzene ring substituents is 1. The Labute approximate surface area is 155 Å². The second-order valence-corrected chi connectivity index (χ2v) is 6.23. The van der Waals surface area contributed by atoms with Crippen molar-refractivity contribution in [2.24, 2.45) is 0 Å². The maximum absolute atomic E-state index is 12.5. The fourth-order valence-corrected chi connectivity index (χ4v) is 2.89. The van der Waals surface area contributed by atoms with Crippen LogP contribution in [0.15, 0.2) is 42.5 Å². The Balaban J connectivity index is 1.76. The predicted octanol–water partition coefficient (Wildman–Crippen LogP) is 4.06. The van der Waals surface area contributed by atoms with Gasteiger partial charge in [-0.25, -0.2) is 0 Å². The number of hydrogen-bond donors (Lipinski definition) is 1. The lowest BCUT2D eigenvalue weighted by molar-refractivity contribution is -0.384. The maximum Gasteiger partial charge on any atom is 0.270 e. The predicted molar refractivity (Wildman–Crippen MR) is 97.0 cm³/mol. The number of amides is 1. The summed E-state index contributed by atoms with van der Waals surface area (Å²) >= 11 is 6.20. The van der Waals surface area contributed by atoms with E-state index in [0.29, 0.717) is 29.7 Å². The molecule has 2 aromatic carbocycles. The fourth-order valence-electron chi connectivity index (χ4n) is 2.66. The van der Waals surface area contributed by atoms with Crippen molar-refractivity contribution in [3.05, 3.63) is 63.2 Å². The van der Waals surface area contributed by atoms with Crippen LogP contribution in [-0.2, 0) is 4.74 Å². The van der Waals surface area contributed by atoms with Crippen LogP contribution >= 0.6 is 11.6 Å². The van der Waals surface area contributed by atoms with Gasteiger partial charge in [-0.15, -0.1) is 0 Å². The topological polar surface area (TPSA) is 90.7 Å². The number of carbonyl (C=O) groups excluding carboxylic acids is 1. The molecule has 0 aliphatic carbocycles.